The fourth-order valence-electron chi connectivity index (χ4n) is 3.73. The van der Waals surface area contributed by atoms with Crippen molar-refractivity contribution >= 4 is 34.8 Å². The normalized spacial score (nSPS) is 15.5. The highest BCUT2D eigenvalue weighted by atomic mass is 19.1. The molecule has 1 unspecified atom stereocenters. The lowest BCUT2D eigenvalue weighted by atomic mass is 10.1. The molecule has 162 valence electrons. The van der Waals surface area contributed by atoms with Crippen molar-refractivity contribution in [2.45, 2.75) is 13.3 Å². The zero-order chi connectivity index (χ0) is 22.7. The molecule has 1 atom stereocenters. The summed E-state index contributed by atoms with van der Waals surface area (Å²) in [4.78, 5) is 39.4. The maximum Gasteiger partial charge on any atom is 0.257 e. The van der Waals surface area contributed by atoms with Crippen LogP contribution in [0.5, 0.6) is 0 Å². The number of amides is 3. The summed E-state index contributed by atoms with van der Waals surface area (Å²) in [5, 5.41) is 5.60. The first kappa shape index (κ1) is 21.2. The Balaban J connectivity index is 1.48. The van der Waals surface area contributed by atoms with Gasteiger partial charge in [-0.25, -0.2) is 4.39 Å². The zero-order valence-electron chi connectivity index (χ0n) is 17.5. The number of anilines is 3. The Morgan fingerprint density at radius 2 is 1.72 bits per heavy atom. The number of hydrogen-bond donors (Lipinski definition) is 2. The van der Waals surface area contributed by atoms with Gasteiger partial charge in [-0.2, -0.15) is 0 Å². The summed E-state index contributed by atoms with van der Waals surface area (Å²) in [7, 11) is 0. The van der Waals surface area contributed by atoms with Crippen molar-refractivity contribution in [3.05, 3.63) is 89.7 Å². The molecule has 0 aliphatic carbocycles. The van der Waals surface area contributed by atoms with Crippen molar-refractivity contribution in [1.82, 2.24) is 0 Å². The van der Waals surface area contributed by atoms with E-state index in [1.807, 2.05) is 25.1 Å². The minimum absolute atomic E-state index is 0.0299. The number of nitrogens with zero attached hydrogens (tertiary/aromatic N) is 1. The monoisotopic (exact) mass is 431 g/mol. The van der Waals surface area contributed by atoms with E-state index in [1.165, 1.54) is 17.0 Å². The third-order valence-corrected chi connectivity index (χ3v) is 5.34. The molecule has 0 saturated carbocycles. The number of benzene rings is 3. The minimum atomic E-state index is -0.657. The Hall–Kier alpha value is -4.00. The van der Waals surface area contributed by atoms with Crippen LogP contribution in [-0.4, -0.2) is 24.3 Å². The Kier molecular flexibility index (Phi) is 5.98. The van der Waals surface area contributed by atoms with Gasteiger partial charge in [0.2, 0.25) is 11.8 Å². The molecule has 3 amide bonds. The summed E-state index contributed by atoms with van der Waals surface area (Å²) < 4.78 is 14.1. The van der Waals surface area contributed by atoms with Crippen molar-refractivity contribution in [3.63, 3.8) is 0 Å². The highest BCUT2D eigenvalue weighted by Crippen LogP contribution is 2.28. The van der Waals surface area contributed by atoms with Gasteiger partial charge >= 0.3 is 0 Å². The van der Waals surface area contributed by atoms with Crippen LogP contribution >= 0.6 is 0 Å². The van der Waals surface area contributed by atoms with E-state index in [0.29, 0.717) is 16.9 Å². The summed E-state index contributed by atoms with van der Waals surface area (Å²) in [6.45, 7) is 2.00. The van der Waals surface area contributed by atoms with Crippen LogP contribution in [0.15, 0.2) is 72.8 Å². The highest BCUT2D eigenvalue weighted by molar-refractivity contribution is 6.11. The Labute approximate surface area is 185 Å². The van der Waals surface area contributed by atoms with Crippen LogP contribution in [0.3, 0.4) is 0 Å². The molecule has 1 heterocycles. The van der Waals surface area contributed by atoms with Gasteiger partial charge in [-0.3, -0.25) is 14.4 Å². The molecule has 7 heteroatoms. The summed E-state index contributed by atoms with van der Waals surface area (Å²) >= 11 is 0. The van der Waals surface area contributed by atoms with E-state index >= 15 is 0 Å². The maximum atomic E-state index is 14.1. The van der Waals surface area contributed by atoms with Crippen molar-refractivity contribution in [2.75, 3.05) is 22.1 Å². The second-order valence-electron chi connectivity index (χ2n) is 7.72. The first-order valence-electron chi connectivity index (χ1n) is 10.2. The number of hydrogen-bond acceptors (Lipinski definition) is 3. The van der Waals surface area contributed by atoms with Crippen molar-refractivity contribution < 1.29 is 18.8 Å². The average molecular weight is 431 g/mol. The molecule has 6 nitrogen and oxygen atoms in total. The largest absolute Gasteiger partial charge is 0.325 e. The summed E-state index contributed by atoms with van der Waals surface area (Å²) in [6, 6.07) is 20.1. The summed E-state index contributed by atoms with van der Waals surface area (Å²) in [5.74, 6) is -2.24. The Morgan fingerprint density at radius 1 is 0.969 bits per heavy atom. The smallest absolute Gasteiger partial charge is 0.257 e. The molecule has 2 N–H and O–H groups in total. The minimum Gasteiger partial charge on any atom is -0.325 e. The van der Waals surface area contributed by atoms with Gasteiger partial charge in [0.05, 0.1) is 22.9 Å². The van der Waals surface area contributed by atoms with Crippen molar-refractivity contribution in [2.24, 2.45) is 5.92 Å². The van der Waals surface area contributed by atoms with E-state index in [9.17, 15) is 18.8 Å². The Bertz CT molecular complexity index is 1190. The van der Waals surface area contributed by atoms with Gasteiger partial charge in [0.1, 0.15) is 5.82 Å². The van der Waals surface area contributed by atoms with Gasteiger partial charge in [-0.15, -0.1) is 0 Å². The number of halogens is 1. The fourth-order valence-corrected chi connectivity index (χ4v) is 3.73. The van der Waals surface area contributed by atoms with Crippen LogP contribution in [-0.2, 0) is 9.59 Å². The molecule has 1 aliphatic heterocycles. The van der Waals surface area contributed by atoms with Gasteiger partial charge in [-0.1, -0.05) is 36.4 Å². The van der Waals surface area contributed by atoms with E-state index in [0.717, 1.165) is 5.56 Å². The van der Waals surface area contributed by atoms with Gasteiger partial charge < -0.3 is 15.5 Å². The summed E-state index contributed by atoms with van der Waals surface area (Å²) in [5.41, 5.74) is 2.47. The summed E-state index contributed by atoms with van der Waals surface area (Å²) in [6.07, 6.45) is -0.0299. The van der Waals surface area contributed by atoms with E-state index in [1.54, 1.807) is 42.5 Å². The first-order valence-corrected chi connectivity index (χ1v) is 10.2. The van der Waals surface area contributed by atoms with Gasteiger partial charge in [0, 0.05) is 18.7 Å². The van der Waals surface area contributed by atoms with Crippen molar-refractivity contribution in [1.29, 1.82) is 0 Å². The zero-order valence-corrected chi connectivity index (χ0v) is 17.5. The van der Waals surface area contributed by atoms with Gasteiger partial charge in [-0.05, 0) is 48.9 Å². The number of nitrogens with one attached hydrogen (secondary N) is 2. The molecular formula is C25H22FN3O3. The number of carbonyl (C=O) groups excluding carboxylic acids is 3. The lowest BCUT2D eigenvalue weighted by Crippen LogP contribution is -2.29. The van der Waals surface area contributed by atoms with E-state index in [4.69, 9.17) is 0 Å². The molecule has 0 aromatic heterocycles. The average Bonchev–Trinajstić information content (AvgIpc) is 3.16. The molecule has 3 aromatic rings. The topological polar surface area (TPSA) is 78.5 Å². The van der Waals surface area contributed by atoms with Crippen LogP contribution < -0.4 is 15.5 Å². The lowest BCUT2D eigenvalue weighted by molar-refractivity contribution is -0.122. The number of carbonyl (C=O) groups is 3. The van der Waals surface area contributed by atoms with Crippen LogP contribution in [0.2, 0.25) is 0 Å². The first-order chi connectivity index (χ1) is 15.4. The second kappa shape index (κ2) is 9.01. The van der Waals surface area contributed by atoms with E-state index in [2.05, 4.69) is 10.6 Å². The molecule has 0 bridgehead atoms. The molecule has 1 fully saturated rings. The molecule has 0 spiro atoms. The quantitative estimate of drug-likeness (QED) is 0.629. The lowest BCUT2D eigenvalue weighted by Gasteiger charge is -2.17. The standard InChI is InChI=1S/C25H22FN3O3/c1-16-7-6-8-18(13-16)27-25(32)19-9-2-4-11-21(19)28-24(31)17-14-23(30)29(15-17)22-12-5-3-10-20(22)26/h2-13,17H,14-15H2,1H3,(H,27,32)(H,28,31). The van der Waals surface area contributed by atoms with Crippen molar-refractivity contribution in [3.8, 4) is 0 Å². The molecule has 4 rings (SSSR count). The number of rotatable bonds is 5. The maximum absolute atomic E-state index is 14.1. The fraction of sp³-hybridized carbons (Fsp3) is 0.160. The van der Waals surface area contributed by atoms with E-state index in [-0.39, 0.29) is 30.5 Å². The van der Waals surface area contributed by atoms with E-state index < -0.39 is 17.6 Å². The SMILES string of the molecule is Cc1cccc(NC(=O)c2ccccc2NC(=O)C2CC(=O)N(c3ccccc3F)C2)c1. The molecule has 32 heavy (non-hydrogen) atoms. The van der Waals surface area contributed by atoms with Gasteiger partial charge in [0.25, 0.3) is 5.91 Å². The van der Waals surface area contributed by atoms with Gasteiger partial charge in [0.15, 0.2) is 0 Å². The van der Waals surface area contributed by atoms with Crippen LogP contribution in [0.25, 0.3) is 0 Å². The molecule has 1 aliphatic rings. The third kappa shape index (κ3) is 4.51. The second-order valence-corrected chi connectivity index (χ2v) is 7.72. The van der Waals surface area contributed by atoms with Crippen LogP contribution in [0.4, 0.5) is 21.5 Å². The Morgan fingerprint density at radius 3 is 2.50 bits per heavy atom. The van der Waals surface area contributed by atoms with Crippen LogP contribution in [0.1, 0.15) is 22.3 Å². The molecule has 3 aromatic carbocycles. The van der Waals surface area contributed by atoms with Crippen LogP contribution in [0, 0.1) is 18.7 Å². The number of para-hydroxylation sites is 2. The molecular weight excluding hydrogens is 409 g/mol. The number of aryl methyl sites for hydroxylation is 1. The molecule has 0 radical (unpaired) electrons. The highest BCUT2D eigenvalue weighted by Gasteiger charge is 2.36. The molecule has 1 saturated heterocycles. The predicted octanol–water partition coefficient (Wildman–Crippen LogP) is 4.38. The predicted molar refractivity (Wildman–Crippen MR) is 121 cm³/mol. The third-order valence-electron chi connectivity index (χ3n) is 5.34.